The third kappa shape index (κ3) is 3.46. The monoisotopic (exact) mass is 253 g/mol. The summed E-state index contributed by atoms with van der Waals surface area (Å²) < 4.78 is 0. The molecule has 0 aliphatic carbocycles. The van der Waals surface area contributed by atoms with E-state index in [1.54, 1.807) is 0 Å². The number of piperidine rings is 1. The Bertz CT molecular complexity index is 244. The highest BCUT2D eigenvalue weighted by Crippen LogP contribution is 2.28. The molecule has 2 unspecified atom stereocenters. The molecule has 2 saturated heterocycles. The molecule has 2 rings (SSSR count). The van der Waals surface area contributed by atoms with Crippen LogP contribution in [0.4, 0.5) is 0 Å². The van der Waals surface area contributed by atoms with Crippen molar-refractivity contribution in [2.75, 3.05) is 45.8 Å². The summed E-state index contributed by atoms with van der Waals surface area (Å²) in [5.74, 6) is 0. The second-order valence-electron chi connectivity index (χ2n) is 6.49. The summed E-state index contributed by atoms with van der Waals surface area (Å²) in [7, 11) is 0. The van der Waals surface area contributed by atoms with E-state index in [9.17, 15) is 0 Å². The highest BCUT2D eigenvalue weighted by atomic mass is 15.3. The van der Waals surface area contributed by atoms with Crippen LogP contribution in [0.2, 0.25) is 0 Å². The summed E-state index contributed by atoms with van der Waals surface area (Å²) in [5, 5.41) is 3.57. The van der Waals surface area contributed by atoms with Gasteiger partial charge in [0.1, 0.15) is 0 Å². The van der Waals surface area contributed by atoms with Crippen molar-refractivity contribution in [1.82, 2.24) is 15.1 Å². The molecule has 0 saturated carbocycles. The molecule has 2 aliphatic heterocycles. The second kappa shape index (κ2) is 6.36. The molecule has 106 valence electrons. The number of hydrogen-bond donors (Lipinski definition) is 1. The Morgan fingerprint density at radius 3 is 2.72 bits per heavy atom. The second-order valence-corrected chi connectivity index (χ2v) is 6.49. The largest absolute Gasteiger partial charge is 0.316 e. The van der Waals surface area contributed by atoms with Gasteiger partial charge < -0.3 is 10.2 Å². The molecule has 2 fully saturated rings. The lowest BCUT2D eigenvalue weighted by Gasteiger charge is -2.37. The average Bonchev–Trinajstić information content (AvgIpc) is 2.79. The van der Waals surface area contributed by atoms with Gasteiger partial charge >= 0.3 is 0 Å². The summed E-state index contributed by atoms with van der Waals surface area (Å²) in [6.45, 7) is 15.8. The lowest BCUT2D eigenvalue weighted by molar-refractivity contribution is 0.140. The maximum atomic E-state index is 3.57. The zero-order valence-corrected chi connectivity index (χ0v) is 12.5. The van der Waals surface area contributed by atoms with E-state index in [1.165, 1.54) is 65.1 Å². The maximum absolute atomic E-state index is 3.57. The Morgan fingerprint density at radius 1 is 1.33 bits per heavy atom. The summed E-state index contributed by atoms with van der Waals surface area (Å²) in [5.41, 5.74) is 0.510. The Morgan fingerprint density at radius 2 is 2.11 bits per heavy atom. The van der Waals surface area contributed by atoms with Crippen LogP contribution in [0.1, 0.15) is 40.0 Å². The lowest BCUT2D eigenvalue weighted by Crippen LogP contribution is -2.46. The molecule has 0 aromatic carbocycles. The molecule has 0 aromatic heterocycles. The van der Waals surface area contributed by atoms with Crippen LogP contribution in [-0.4, -0.2) is 61.7 Å². The Labute approximate surface area is 113 Å². The lowest BCUT2D eigenvalue weighted by atomic mass is 9.82. The summed E-state index contributed by atoms with van der Waals surface area (Å²) in [6.07, 6.45) is 4.11. The molecule has 0 radical (unpaired) electrons. The molecule has 0 amide bonds. The number of nitrogens with one attached hydrogen (secondary N) is 1. The van der Waals surface area contributed by atoms with E-state index in [2.05, 4.69) is 35.9 Å². The van der Waals surface area contributed by atoms with Gasteiger partial charge in [-0.2, -0.15) is 0 Å². The first kappa shape index (κ1) is 14.3. The van der Waals surface area contributed by atoms with Gasteiger partial charge in [0.25, 0.3) is 0 Å². The minimum Gasteiger partial charge on any atom is -0.316 e. The topological polar surface area (TPSA) is 18.5 Å². The van der Waals surface area contributed by atoms with Crippen LogP contribution in [0.3, 0.4) is 0 Å². The number of likely N-dealkylation sites (N-methyl/N-ethyl adjacent to an activating group) is 1. The average molecular weight is 253 g/mol. The number of nitrogens with zero attached hydrogens (tertiary/aromatic N) is 2. The van der Waals surface area contributed by atoms with Gasteiger partial charge in [-0.1, -0.05) is 20.8 Å². The number of likely N-dealkylation sites (tertiary alicyclic amines) is 1. The zero-order chi connectivity index (χ0) is 13.0. The summed E-state index contributed by atoms with van der Waals surface area (Å²) >= 11 is 0. The van der Waals surface area contributed by atoms with Crippen molar-refractivity contribution < 1.29 is 0 Å². The van der Waals surface area contributed by atoms with E-state index in [1.807, 2.05) is 0 Å². The van der Waals surface area contributed by atoms with E-state index < -0.39 is 0 Å². The first-order chi connectivity index (χ1) is 8.67. The van der Waals surface area contributed by atoms with Gasteiger partial charge in [-0.25, -0.2) is 0 Å². The first-order valence-corrected chi connectivity index (χ1v) is 7.84. The molecule has 3 heteroatoms. The Balaban J connectivity index is 1.81. The minimum absolute atomic E-state index is 0.510. The van der Waals surface area contributed by atoms with Gasteiger partial charge in [0.15, 0.2) is 0 Å². The van der Waals surface area contributed by atoms with Crippen LogP contribution < -0.4 is 5.32 Å². The highest BCUT2D eigenvalue weighted by molar-refractivity contribution is 4.89. The zero-order valence-electron chi connectivity index (χ0n) is 12.5. The molecule has 0 aromatic rings. The van der Waals surface area contributed by atoms with Crippen LogP contribution in [0.5, 0.6) is 0 Å². The molecule has 1 N–H and O–H groups in total. The van der Waals surface area contributed by atoms with Gasteiger partial charge in [0.05, 0.1) is 0 Å². The molecule has 2 aliphatic rings. The van der Waals surface area contributed by atoms with E-state index in [4.69, 9.17) is 0 Å². The predicted octanol–water partition coefficient (Wildman–Crippen LogP) is 1.79. The van der Waals surface area contributed by atoms with Gasteiger partial charge in [-0.05, 0) is 50.9 Å². The molecule has 2 atom stereocenters. The molecule has 0 bridgehead atoms. The summed E-state index contributed by atoms with van der Waals surface area (Å²) in [4.78, 5) is 5.33. The smallest absolute Gasteiger partial charge is 0.0235 e. The van der Waals surface area contributed by atoms with Gasteiger partial charge in [0, 0.05) is 25.7 Å². The maximum Gasteiger partial charge on any atom is 0.0235 e. The fourth-order valence-corrected chi connectivity index (χ4v) is 3.79. The van der Waals surface area contributed by atoms with Crippen LogP contribution in [0.15, 0.2) is 0 Å². The minimum atomic E-state index is 0.510. The molecule has 2 heterocycles. The fourth-order valence-electron chi connectivity index (χ4n) is 3.79. The first-order valence-electron chi connectivity index (χ1n) is 7.84. The van der Waals surface area contributed by atoms with Crippen LogP contribution in [0, 0.1) is 5.41 Å². The number of hydrogen-bond acceptors (Lipinski definition) is 3. The van der Waals surface area contributed by atoms with Crippen molar-refractivity contribution in [2.45, 2.75) is 46.1 Å². The van der Waals surface area contributed by atoms with E-state index >= 15 is 0 Å². The van der Waals surface area contributed by atoms with Crippen molar-refractivity contribution in [3.05, 3.63) is 0 Å². The van der Waals surface area contributed by atoms with Gasteiger partial charge in [0.2, 0.25) is 0 Å². The van der Waals surface area contributed by atoms with E-state index in [0.717, 1.165) is 6.04 Å². The highest BCUT2D eigenvalue weighted by Gasteiger charge is 2.33. The van der Waals surface area contributed by atoms with Crippen molar-refractivity contribution in [3.8, 4) is 0 Å². The SMILES string of the molecule is CCN(CC)C1CCN(CC2(C)CCCNC2)C1. The molecular formula is C15H31N3. The van der Waals surface area contributed by atoms with Crippen molar-refractivity contribution in [2.24, 2.45) is 5.41 Å². The Kier molecular flexibility index (Phi) is 5.05. The molecule has 0 spiro atoms. The summed E-state index contributed by atoms with van der Waals surface area (Å²) in [6, 6.07) is 0.806. The van der Waals surface area contributed by atoms with Gasteiger partial charge in [-0.3, -0.25) is 4.90 Å². The molecule has 3 nitrogen and oxygen atoms in total. The predicted molar refractivity (Wildman–Crippen MR) is 78.0 cm³/mol. The van der Waals surface area contributed by atoms with Crippen molar-refractivity contribution >= 4 is 0 Å². The van der Waals surface area contributed by atoms with Gasteiger partial charge in [-0.15, -0.1) is 0 Å². The third-order valence-electron chi connectivity index (χ3n) is 4.87. The molecule has 18 heavy (non-hydrogen) atoms. The van der Waals surface area contributed by atoms with Crippen molar-refractivity contribution in [1.29, 1.82) is 0 Å². The van der Waals surface area contributed by atoms with Crippen LogP contribution in [0.25, 0.3) is 0 Å². The number of rotatable bonds is 5. The van der Waals surface area contributed by atoms with Crippen LogP contribution in [-0.2, 0) is 0 Å². The Hall–Kier alpha value is -0.120. The molecular weight excluding hydrogens is 222 g/mol. The van der Waals surface area contributed by atoms with Crippen LogP contribution >= 0.6 is 0 Å². The normalized spacial score (nSPS) is 34.3. The third-order valence-corrected chi connectivity index (χ3v) is 4.87. The fraction of sp³-hybridized carbons (Fsp3) is 1.00. The quantitative estimate of drug-likeness (QED) is 0.806. The van der Waals surface area contributed by atoms with Crippen molar-refractivity contribution in [3.63, 3.8) is 0 Å². The van der Waals surface area contributed by atoms with E-state index in [-0.39, 0.29) is 0 Å². The standard InChI is InChI=1S/C15H31N3/c1-4-18(5-2)14-7-10-17(11-14)13-15(3)8-6-9-16-12-15/h14,16H,4-13H2,1-3H3. The van der Waals surface area contributed by atoms with E-state index in [0.29, 0.717) is 5.41 Å².